The van der Waals surface area contributed by atoms with Gasteiger partial charge in [0, 0.05) is 22.1 Å². The number of hydrogen-bond acceptors (Lipinski definition) is 7. The van der Waals surface area contributed by atoms with Crippen LogP contribution >= 0.6 is 27.3 Å². The number of ether oxygens (including phenoxy) is 4. The first-order valence-electron chi connectivity index (χ1n) is 9.50. The molecule has 31 heavy (non-hydrogen) atoms. The number of thiazole rings is 1. The number of allylic oxidation sites excluding steroid dienone is 1. The van der Waals surface area contributed by atoms with Gasteiger partial charge < -0.3 is 18.9 Å². The fourth-order valence-electron chi connectivity index (χ4n) is 3.37. The van der Waals surface area contributed by atoms with Crippen molar-refractivity contribution < 1.29 is 23.7 Å². The molecule has 0 saturated carbocycles. The van der Waals surface area contributed by atoms with Crippen molar-refractivity contribution >= 4 is 38.6 Å². The molecule has 0 bridgehead atoms. The van der Waals surface area contributed by atoms with Crippen LogP contribution in [-0.2, 0) is 0 Å². The monoisotopic (exact) mass is 501 g/mol. The summed E-state index contributed by atoms with van der Waals surface area (Å²) in [7, 11) is 3.16. The molecular formula is C23H20BrNO5S. The SMILES string of the molecule is COc1ccc(OCCOc2ccc3c(c2)C(=O)C(Br)=C3c2ncsc2C)cc1OC. The van der Waals surface area contributed by atoms with E-state index in [-0.39, 0.29) is 5.78 Å². The maximum atomic E-state index is 12.8. The Bertz CT molecular complexity index is 1170. The first-order valence-corrected chi connectivity index (χ1v) is 11.2. The third-order valence-electron chi connectivity index (χ3n) is 4.88. The molecule has 0 atom stereocenters. The van der Waals surface area contributed by atoms with E-state index in [0.717, 1.165) is 21.7 Å². The maximum Gasteiger partial charge on any atom is 0.201 e. The van der Waals surface area contributed by atoms with E-state index in [1.807, 2.05) is 19.1 Å². The summed E-state index contributed by atoms with van der Waals surface area (Å²) < 4.78 is 22.6. The summed E-state index contributed by atoms with van der Waals surface area (Å²) in [4.78, 5) is 18.3. The Labute approximate surface area is 192 Å². The number of fused-ring (bicyclic) bond motifs is 1. The largest absolute Gasteiger partial charge is 0.493 e. The summed E-state index contributed by atoms with van der Waals surface area (Å²) in [6.45, 7) is 2.67. The maximum absolute atomic E-state index is 12.8. The Morgan fingerprint density at radius 3 is 2.26 bits per heavy atom. The minimum Gasteiger partial charge on any atom is -0.493 e. The quantitative estimate of drug-likeness (QED) is 0.391. The molecule has 3 aromatic rings. The van der Waals surface area contributed by atoms with E-state index >= 15 is 0 Å². The highest BCUT2D eigenvalue weighted by Crippen LogP contribution is 2.42. The first kappa shape index (κ1) is 21.4. The van der Waals surface area contributed by atoms with E-state index in [9.17, 15) is 4.79 Å². The lowest BCUT2D eigenvalue weighted by Gasteiger charge is -2.12. The molecule has 4 rings (SSSR count). The average molecular weight is 502 g/mol. The zero-order valence-electron chi connectivity index (χ0n) is 17.2. The number of ketones is 1. The van der Waals surface area contributed by atoms with Crippen molar-refractivity contribution in [1.29, 1.82) is 0 Å². The molecule has 1 aromatic heterocycles. The first-order chi connectivity index (χ1) is 15.0. The number of rotatable bonds is 8. The normalized spacial score (nSPS) is 12.7. The third-order valence-corrected chi connectivity index (χ3v) is 6.40. The van der Waals surface area contributed by atoms with Gasteiger partial charge in [-0.1, -0.05) is 0 Å². The Morgan fingerprint density at radius 2 is 1.61 bits per heavy atom. The van der Waals surface area contributed by atoms with Gasteiger partial charge in [-0.05, 0) is 58.7 Å². The highest BCUT2D eigenvalue weighted by atomic mass is 79.9. The highest BCUT2D eigenvalue weighted by Gasteiger charge is 2.31. The van der Waals surface area contributed by atoms with Crippen LogP contribution in [0.5, 0.6) is 23.0 Å². The molecular weight excluding hydrogens is 482 g/mol. The Kier molecular flexibility index (Phi) is 6.29. The smallest absolute Gasteiger partial charge is 0.201 e. The second kappa shape index (κ2) is 9.11. The summed E-state index contributed by atoms with van der Waals surface area (Å²) in [6, 6.07) is 10.9. The molecule has 0 fully saturated rings. The fourth-order valence-corrected chi connectivity index (χ4v) is 4.57. The fraction of sp³-hybridized carbons (Fsp3) is 0.217. The van der Waals surface area contributed by atoms with E-state index in [0.29, 0.717) is 46.3 Å². The standard InChI is InChI=1S/C23H20BrNO5S/c1-13-22(25-12-31-13)20-16-6-4-14(10-17(16)23(26)21(20)24)29-8-9-30-15-5-7-18(27-2)19(11-15)28-3/h4-7,10-12H,8-9H2,1-3H3. The van der Waals surface area contributed by atoms with Gasteiger partial charge in [0.25, 0.3) is 0 Å². The van der Waals surface area contributed by atoms with Gasteiger partial charge in [0.05, 0.1) is 29.9 Å². The zero-order chi connectivity index (χ0) is 22.0. The molecule has 2 aromatic carbocycles. The van der Waals surface area contributed by atoms with E-state index < -0.39 is 0 Å². The number of Topliss-reactive ketones (excluding diaryl/α,β-unsaturated/α-hetero) is 1. The number of nitrogens with zero attached hydrogens (tertiary/aromatic N) is 1. The molecule has 0 saturated heterocycles. The van der Waals surface area contributed by atoms with Crippen LogP contribution < -0.4 is 18.9 Å². The molecule has 0 spiro atoms. The lowest BCUT2D eigenvalue weighted by Crippen LogP contribution is -2.09. The molecule has 1 heterocycles. The second-order valence-electron chi connectivity index (χ2n) is 6.70. The third kappa shape index (κ3) is 4.18. The lowest BCUT2D eigenvalue weighted by atomic mass is 10.0. The molecule has 1 aliphatic rings. The summed E-state index contributed by atoms with van der Waals surface area (Å²) in [5.74, 6) is 2.44. The van der Waals surface area contributed by atoms with E-state index in [1.54, 1.807) is 55.3 Å². The van der Waals surface area contributed by atoms with Gasteiger partial charge in [-0.15, -0.1) is 11.3 Å². The van der Waals surface area contributed by atoms with Crippen molar-refractivity contribution in [1.82, 2.24) is 4.98 Å². The van der Waals surface area contributed by atoms with Gasteiger partial charge in [-0.3, -0.25) is 4.79 Å². The average Bonchev–Trinajstić information content (AvgIpc) is 3.31. The van der Waals surface area contributed by atoms with Crippen LogP contribution in [0, 0.1) is 6.92 Å². The van der Waals surface area contributed by atoms with Crippen LogP contribution in [-0.4, -0.2) is 38.2 Å². The minimum atomic E-state index is -0.0653. The number of methoxy groups -OCH3 is 2. The lowest BCUT2D eigenvalue weighted by molar-refractivity contribution is 0.104. The minimum absolute atomic E-state index is 0.0653. The molecule has 160 valence electrons. The van der Waals surface area contributed by atoms with Gasteiger partial charge in [-0.2, -0.15) is 0 Å². The van der Waals surface area contributed by atoms with Crippen molar-refractivity contribution in [3.8, 4) is 23.0 Å². The van der Waals surface area contributed by atoms with Gasteiger partial charge in [0.15, 0.2) is 11.5 Å². The number of carbonyl (C=O) groups is 1. The molecule has 1 aliphatic carbocycles. The predicted molar refractivity (Wildman–Crippen MR) is 123 cm³/mol. The molecule has 8 heteroatoms. The van der Waals surface area contributed by atoms with E-state index in [1.165, 1.54) is 0 Å². The Balaban J connectivity index is 1.41. The molecule has 0 aliphatic heterocycles. The molecule has 6 nitrogen and oxygen atoms in total. The van der Waals surface area contributed by atoms with Crippen LogP contribution in [0.2, 0.25) is 0 Å². The van der Waals surface area contributed by atoms with Gasteiger partial charge in [0.2, 0.25) is 5.78 Å². The summed E-state index contributed by atoms with van der Waals surface area (Å²) in [5.41, 5.74) is 4.92. The second-order valence-corrected chi connectivity index (χ2v) is 8.55. The van der Waals surface area contributed by atoms with Crippen molar-refractivity contribution in [2.45, 2.75) is 6.92 Å². The number of hydrogen-bond donors (Lipinski definition) is 0. The van der Waals surface area contributed by atoms with Crippen LogP contribution in [0.4, 0.5) is 0 Å². The summed E-state index contributed by atoms with van der Waals surface area (Å²) >= 11 is 5.01. The number of carbonyl (C=O) groups excluding carboxylic acids is 1. The van der Waals surface area contributed by atoms with Crippen LogP contribution in [0.3, 0.4) is 0 Å². The summed E-state index contributed by atoms with van der Waals surface area (Å²) in [5, 5.41) is 0. The zero-order valence-corrected chi connectivity index (χ0v) is 19.6. The molecule has 0 unspecified atom stereocenters. The van der Waals surface area contributed by atoms with Crippen LogP contribution in [0.1, 0.15) is 26.5 Å². The highest BCUT2D eigenvalue weighted by molar-refractivity contribution is 9.12. The number of halogens is 1. The summed E-state index contributed by atoms with van der Waals surface area (Å²) in [6.07, 6.45) is 0. The molecule has 0 amide bonds. The van der Waals surface area contributed by atoms with Crippen LogP contribution in [0.15, 0.2) is 46.4 Å². The van der Waals surface area contributed by atoms with Crippen molar-refractivity contribution in [3.63, 3.8) is 0 Å². The number of aromatic nitrogens is 1. The van der Waals surface area contributed by atoms with Crippen molar-refractivity contribution in [2.75, 3.05) is 27.4 Å². The molecule has 0 N–H and O–H groups in total. The van der Waals surface area contributed by atoms with Gasteiger partial charge >= 0.3 is 0 Å². The number of aryl methyl sites for hydroxylation is 1. The topological polar surface area (TPSA) is 66.9 Å². The number of benzene rings is 2. The van der Waals surface area contributed by atoms with E-state index in [2.05, 4.69) is 20.9 Å². The van der Waals surface area contributed by atoms with Crippen molar-refractivity contribution in [2.24, 2.45) is 0 Å². The Morgan fingerprint density at radius 1 is 0.935 bits per heavy atom. The predicted octanol–water partition coefficient (Wildman–Crippen LogP) is 5.28. The molecule has 0 radical (unpaired) electrons. The van der Waals surface area contributed by atoms with Crippen LogP contribution in [0.25, 0.3) is 5.57 Å². The van der Waals surface area contributed by atoms with E-state index in [4.69, 9.17) is 18.9 Å². The van der Waals surface area contributed by atoms with Gasteiger partial charge in [-0.25, -0.2) is 4.98 Å². The van der Waals surface area contributed by atoms with Gasteiger partial charge in [0.1, 0.15) is 24.7 Å². The van der Waals surface area contributed by atoms with Crippen molar-refractivity contribution in [3.05, 3.63) is 68.1 Å². The Hall–Kier alpha value is -2.84.